The Labute approximate surface area is 320 Å². The van der Waals surface area contributed by atoms with Crippen molar-refractivity contribution in [3.8, 4) is 11.5 Å². The van der Waals surface area contributed by atoms with Gasteiger partial charge in [0.05, 0.1) is 35.6 Å². The molecule has 17 heteroatoms. The second kappa shape index (κ2) is 18.6. The van der Waals surface area contributed by atoms with Crippen LogP contribution in [0.3, 0.4) is 0 Å². The van der Waals surface area contributed by atoms with E-state index in [0.717, 1.165) is 11.4 Å². The van der Waals surface area contributed by atoms with Crippen molar-refractivity contribution in [2.24, 2.45) is 20.5 Å². The Balaban J connectivity index is 0.000000214. The maximum absolute atomic E-state index is 12.6. The third kappa shape index (κ3) is 10.4. The summed E-state index contributed by atoms with van der Waals surface area (Å²) < 4.78 is 10.9. The molecule has 1 aliphatic heterocycles. The number of azo groups is 2. The van der Waals surface area contributed by atoms with Crippen LogP contribution in [0.25, 0.3) is 11.0 Å². The summed E-state index contributed by atoms with van der Waals surface area (Å²) in [5, 5.41) is 27.4. The van der Waals surface area contributed by atoms with Crippen LogP contribution >= 0.6 is 0 Å². The number of nitrogens with one attached hydrogen (secondary N) is 6. The third-order valence-corrected chi connectivity index (χ3v) is 7.80. The van der Waals surface area contributed by atoms with Crippen LogP contribution in [0.1, 0.15) is 27.7 Å². The summed E-state index contributed by atoms with van der Waals surface area (Å²) >= 11 is 0. The predicted molar refractivity (Wildman–Crippen MR) is 212 cm³/mol. The van der Waals surface area contributed by atoms with Crippen molar-refractivity contribution in [1.82, 2.24) is 9.97 Å². The van der Waals surface area contributed by atoms with E-state index >= 15 is 0 Å². The minimum absolute atomic E-state index is 0.346. The molecule has 0 spiro atoms. The first kappa shape index (κ1) is 39.8. The number of carbonyl (C=O) groups excluding carboxylic acids is 4. The van der Waals surface area contributed by atoms with E-state index in [-0.39, 0.29) is 5.69 Å². The lowest BCUT2D eigenvalue weighted by molar-refractivity contribution is -0.127. The highest BCUT2D eigenvalue weighted by Gasteiger charge is 2.25. The average molecular weight is 761 g/mol. The lowest BCUT2D eigenvalue weighted by Crippen LogP contribution is -2.31. The lowest BCUT2D eigenvalue weighted by Gasteiger charge is -2.11. The third-order valence-electron chi connectivity index (χ3n) is 7.80. The number of carbonyl (C=O) groups is 4. The summed E-state index contributed by atoms with van der Waals surface area (Å²) in [5.74, 6) is -0.345. The maximum atomic E-state index is 12.6. The fourth-order valence-corrected chi connectivity index (χ4v) is 5.23. The number of H-pyrrole nitrogens is 2. The normalized spacial score (nSPS) is 12.8. The molecule has 1 aromatic heterocycles. The van der Waals surface area contributed by atoms with Gasteiger partial charge in [-0.05, 0) is 88.4 Å². The SMILES string of the molecule is C=C1Nc2ccc(NC(=O)C(N=Nc3ccccc3OCC)C(C)=O)cc2N1.CCOc1ccccc1N=NC(C(C)=O)C(=O)Nc1ccc2[nH]c(=O)[nH]c2c1. The van der Waals surface area contributed by atoms with Crippen LogP contribution in [-0.2, 0) is 19.2 Å². The number of aromatic amines is 2. The predicted octanol–water partition coefficient (Wildman–Crippen LogP) is 7.01. The smallest absolute Gasteiger partial charge is 0.323 e. The number of imidazole rings is 1. The number of benzene rings is 4. The van der Waals surface area contributed by atoms with Crippen LogP contribution in [0.15, 0.2) is 123 Å². The molecule has 1 aliphatic rings. The summed E-state index contributed by atoms with van der Waals surface area (Å²) in [4.78, 5) is 65.5. The number of ether oxygens (including phenoxy) is 2. The minimum atomic E-state index is -1.31. The first-order chi connectivity index (χ1) is 26.9. The molecular formula is C39H40N10O7. The number of para-hydroxylation sites is 2. The fraction of sp³-hybridized carbons (Fsp3) is 0.205. The second-order valence-corrected chi connectivity index (χ2v) is 12.1. The number of aromatic nitrogens is 2. The van der Waals surface area contributed by atoms with E-state index in [1.807, 2.05) is 19.9 Å². The van der Waals surface area contributed by atoms with Gasteiger partial charge in [0.15, 0.2) is 11.6 Å². The number of nitrogens with zero attached hydrogens (tertiary/aromatic N) is 4. The van der Waals surface area contributed by atoms with Gasteiger partial charge in [0.25, 0.3) is 11.8 Å². The molecular weight excluding hydrogens is 720 g/mol. The highest BCUT2D eigenvalue weighted by Crippen LogP contribution is 2.33. The van der Waals surface area contributed by atoms with Gasteiger partial charge in [-0.15, -0.1) is 0 Å². The molecule has 2 heterocycles. The number of hydrogen-bond acceptors (Lipinski definition) is 13. The van der Waals surface area contributed by atoms with Crippen molar-refractivity contribution in [2.45, 2.75) is 39.8 Å². The molecule has 0 saturated carbocycles. The number of amides is 2. The van der Waals surface area contributed by atoms with Crippen LogP contribution in [0.4, 0.5) is 34.1 Å². The number of hydrogen-bond donors (Lipinski definition) is 6. The van der Waals surface area contributed by atoms with Crippen molar-refractivity contribution in [3.05, 3.63) is 108 Å². The van der Waals surface area contributed by atoms with Gasteiger partial charge in [-0.2, -0.15) is 20.5 Å². The van der Waals surface area contributed by atoms with Gasteiger partial charge in [0, 0.05) is 11.4 Å². The highest BCUT2D eigenvalue weighted by atomic mass is 16.5. The Morgan fingerprint density at radius 1 is 0.661 bits per heavy atom. The Hall–Kier alpha value is -7.43. The van der Waals surface area contributed by atoms with Gasteiger partial charge in [-0.3, -0.25) is 19.2 Å². The molecule has 2 amide bonds. The quantitative estimate of drug-likeness (QED) is 0.0504. The van der Waals surface area contributed by atoms with Gasteiger partial charge in [-0.1, -0.05) is 30.8 Å². The zero-order valence-electron chi connectivity index (χ0n) is 31.0. The van der Waals surface area contributed by atoms with Gasteiger partial charge >= 0.3 is 5.69 Å². The molecule has 0 aliphatic carbocycles. The van der Waals surface area contributed by atoms with Crippen LogP contribution in [0, 0.1) is 0 Å². The number of fused-ring (bicyclic) bond motifs is 2. The van der Waals surface area contributed by atoms with E-state index in [9.17, 15) is 24.0 Å². The van der Waals surface area contributed by atoms with E-state index < -0.39 is 35.5 Å². The average Bonchev–Trinajstić information content (AvgIpc) is 3.73. The molecule has 56 heavy (non-hydrogen) atoms. The van der Waals surface area contributed by atoms with Gasteiger partial charge in [0.1, 0.15) is 28.7 Å². The van der Waals surface area contributed by atoms with E-state index in [4.69, 9.17) is 9.47 Å². The minimum Gasteiger partial charge on any atom is -0.492 e. The molecule has 17 nitrogen and oxygen atoms in total. The molecule has 5 aromatic rings. The number of anilines is 4. The maximum Gasteiger partial charge on any atom is 0.323 e. The molecule has 2 unspecified atom stereocenters. The molecule has 6 rings (SSSR count). The molecule has 2 atom stereocenters. The summed E-state index contributed by atoms with van der Waals surface area (Å²) in [6.07, 6.45) is 0. The molecule has 0 saturated heterocycles. The highest BCUT2D eigenvalue weighted by molar-refractivity contribution is 6.11. The summed E-state index contributed by atoms with van der Waals surface area (Å²) in [7, 11) is 0. The zero-order chi connectivity index (χ0) is 40.2. The Bertz CT molecular complexity index is 2380. The van der Waals surface area contributed by atoms with Gasteiger partial charge < -0.3 is 40.7 Å². The van der Waals surface area contributed by atoms with Crippen LogP contribution in [0.2, 0.25) is 0 Å². The fourth-order valence-electron chi connectivity index (χ4n) is 5.23. The molecule has 0 bridgehead atoms. The first-order valence-corrected chi connectivity index (χ1v) is 17.4. The Morgan fingerprint density at radius 3 is 1.68 bits per heavy atom. The largest absolute Gasteiger partial charge is 0.492 e. The molecule has 288 valence electrons. The topological polar surface area (TPSA) is 233 Å². The van der Waals surface area contributed by atoms with Crippen molar-refractivity contribution < 1.29 is 28.7 Å². The second-order valence-electron chi connectivity index (χ2n) is 12.1. The van der Waals surface area contributed by atoms with Crippen molar-refractivity contribution in [1.29, 1.82) is 0 Å². The lowest BCUT2D eigenvalue weighted by atomic mass is 10.2. The molecule has 0 radical (unpaired) electrons. The van der Waals surface area contributed by atoms with Crippen molar-refractivity contribution >= 4 is 68.5 Å². The number of Topliss-reactive ketones (excluding diaryl/α,β-unsaturated/α-hetero) is 2. The van der Waals surface area contributed by atoms with Crippen LogP contribution < -0.4 is 36.4 Å². The van der Waals surface area contributed by atoms with E-state index in [0.29, 0.717) is 64.3 Å². The Morgan fingerprint density at radius 2 is 1.14 bits per heavy atom. The van der Waals surface area contributed by atoms with E-state index in [2.05, 4.69) is 58.3 Å². The van der Waals surface area contributed by atoms with E-state index in [1.165, 1.54) is 13.8 Å². The zero-order valence-corrected chi connectivity index (χ0v) is 31.0. The standard InChI is InChI=1S/C20H21N5O3.C19H19N5O4/c1-4-28-18-8-6-5-7-16(18)24-25-19(12(2)26)20(27)23-14-9-10-15-17(11-14)22-13(3)21-15;1-3-28-16-7-5-4-6-14(16)23-24-17(11(2)25)18(26)20-12-8-9-13-15(10-12)22-19(27)21-13/h5-11,19,21-22H,3-4H2,1-2H3,(H,23,27);4-10,17H,3H2,1-2H3,(H,20,26)(H2,21,22,27). The van der Waals surface area contributed by atoms with E-state index in [1.54, 1.807) is 78.9 Å². The van der Waals surface area contributed by atoms with Crippen LogP contribution in [-0.4, -0.2) is 58.6 Å². The summed E-state index contributed by atoms with van der Waals surface area (Å²) in [6, 6.07) is 21.6. The monoisotopic (exact) mass is 760 g/mol. The van der Waals surface area contributed by atoms with Gasteiger partial charge in [-0.25, -0.2) is 4.79 Å². The summed E-state index contributed by atoms with van der Waals surface area (Å²) in [6.45, 7) is 11.0. The molecule has 4 aromatic carbocycles. The van der Waals surface area contributed by atoms with Gasteiger partial charge in [0.2, 0.25) is 12.1 Å². The molecule has 0 fully saturated rings. The number of rotatable bonds is 14. The molecule has 6 N–H and O–H groups in total. The van der Waals surface area contributed by atoms with Crippen molar-refractivity contribution in [2.75, 3.05) is 34.5 Å². The van der Waals surface area contributed by atoms with Crippen LogP contribution in [0.5, 0.6) is 11.5 Å². The summed E-state index contributed by atoms with van der Waals surface area (Å²) in [5.41, 5.74) is 4.28. The number of ketones is 2. The Kier molecular flexibility index (Phi) is 13.2. The van der Waals surface area contributed by atoms with Crippen molar-refractivity contribution in [3.63, 3.8) is 0 Å². The first-order valence-electron chi connectivity index (χ1n) is 17.4.